The van der Waals surface area contributed by atoms with Gasteiger partial charge in [-0.2, -0.15) is 23.4 Å². The number of aliphatic hydroxyl groups is 2. The third kappa shape index (κ3) is 11.9. The molecule has 26 heteroatoms. The molecule has 5 N–H and O–H groups in total. The molecular formula is C45H54N14O9S3. The second kappa shape index (κ2) is 23.2. The van der Waals surface area contributed by atoms with Crippen molar-refractivity contribution in [1.82, 2.24) is 24.9 Å². The minimum atomic E-state index is -4.62. The van der Waals surface area contributed by atoms with E-state index in [1.54, 1.807) is 38.4 Å². The summed E-state index contributed by atoms with van der Waals surface area (Å²) in [4.78, 5) is 28.9. The number of thiazole rings is 2. The fourth-order valence-corrected chi connectivity index (χ4v) is 9.70. The lowest BCUT2D eigenvalue weighted by Crippen LogP contribution is -2.31. The topological polar surface area (TPSA) is 279 Å². The van der Waals surface area contributed by atoms with Crippen molar-refractivity contribution in [2.75, 3.05) is 106 Å². The Morgan fingerprint density at radius 3 is 1.52 bits per heavy atom. The van der Waals surface area contributed by atoms with Crippen LogP contribution in [-0.4, -0.2) is 129 Å². The molecule has 0 bridgehead atoms. The Labute approximate surface area is 417 Å². The third-order valence-corrected chi connectivity index (χ3v) is 13.6. The molecule has 0 saturated carbocycles. The molecule has 0 aliphatic carbocycles. The number of hydrogen-bond acceptors (Lipinski definition) is 24. The number of rotatable bonds is 24. The molecule has 0 unspecified atom stereocenters. The first-order chi connectivity index (χ1) is 34.3. The van der Waals surface area contributed by atoms with Crippen LogP contribution in [0.5, 0.6) is 23.0 Å². The molecule has 0 amide bonds. The van der Waals surface area contributed by atoms with Gasteiger partial charge < -0.3 is 54.5 Å². The van der Waals surface area contributed by atoms with Crippen LogP contribution in [0.2, 0.25) is 0 Å². The van der Waals surface area contributed by atoms with E-state index in [0.717, 1.165) is 32.9 Å². The average molecular weight is 1030 g/mol. The van der Waals surface area contributed by atoms with Gasteiger partial charge in [-0.15, -0.1) is 20.5 Å². The van der Waals surface area contributed by atoms with Crippen LogP contribution < -0.4 is 44.3 Å². The average Bonchev–Trinajstić information content (AvgIpc) is 3.98. The first kappa shape index (κ1) is 51.7. The van der Waals surface area contributed by atoms with Crippen LogP contribution >= 0.6 is 22.7 Å². The van der Waals surface area contributed by atoms with E-state index in [1.807, 2.05) is 58.0 Å². The smallest absolute Gasteiger partial charge is 0.298 e. The molecule has 7 aromatic rings. The maximum absolute atomic E-state index is 12.1. The van der Waals surface area contributed by atoms with Crippen LogP contribution in [0.3, 0.4) is 0 Å². The molecule has 0 saturated heterocycles. The second-order valence-corrected chi connectivity index (χ2v) is 18.5. The van der Waals surface area contributed by atoms with Crippen molar-refractivity contribution in [3.63, 3.8) is 0 Å². The lowest BCUT2D eigenvalue weighted by molar-refractivity contribution is 0.280. The molecule has 3 aromatic heterocycles. The molecule has 0 aliphatic heterocycles. The molecule has 0 spiro atoms. The molecule has 4 aromatic carbocycles. The highest BCUT2D eigenvalue weighted by atomic mass is 32.2. The van der Waals surface area contributed by atoms with Crippen LogP contribution in [0.4, 0.5) is 62.2 Å². The number of anilines is 7. The summed E-state index contributed by atoms with van der Waals surface area (Å²) in [5.74, 6) is 1.91. The SMILES string of the molecule is CCN(CC)c1cc(Nc2nc(Nc3cc(N(CC)CC)c(OC)cc3/N=N/c3nc4cc(S(=O)(=O)O)c(OC)cc4s3)nc(N(CCO)CCO)n2)c(/N=N/c2nc3ccc(OC)cc3s2)cc1OC. The monoisotopic (exact) mass is 1030 g/mol. The maximum Gasteiger partial charge on any atom is 0.298 e. The Morgan fingerprint density at radius 2 is 1.07 bits per heavy atom. The zero-order valence-electron chi connectivity index (χ0n) is 40.2. The minimum Gasteiger partial charge on any atom is -0.497 e. The van der Waals surface area contributed by atoms with Gasteiger partial charge in [0.05, 0.1) is 84.8 Å². The number of nitrogens with zero attached hydrogens (tertiary/aromatic N) is 12. The maximum atomic E-state index is 12.1. The minimum absolute atomic E-state index is 0.0425. The molecule has 0 fully saturated rings. The van der Waals surface area contributed by atoms with Gasteiger partial charge in [-0.25, -0.2) is 9.97 Å². The Bertz CT molecular complexity index is 3160. The number of ether oxygens (including phenoxy) is 4. The number of nitrogens with one attached hydrogen (secondary N) is 2. The molecule has 0 aliphatic rings. The molecule has 376 valence electrons. The summed E-state index contributed by atoms with van der Waals surface area (Å²) in [5.41, 5.74) is 3.99. The Morgan fingerprint density at radius 1 is 0.577 bits per heavy atom. The van der Waals surface area contributed by atoms with Gasteiger partial charge in [0.15, 0.2) is 0 Å². The third-order valence-electron chi connectivity index (χ3n) is 11.0. The fraction of sp³-hybridized carbons (Fsp3) is 0.356. The zero-order chi connectivity index (χ0) is 50.8. The van der Waals surface area contributed by atoms with Crippen LogP contribution in [0.1, 0.15) is 27.7 Å². The quantitative estimate of drug-likeness (QED) is 0.0278. The lowest BCUT2D eigenvalue weighted by Gasteiger charge is -2.25. The molecule has 23 nitrogen and oxygen atoms in total. The second-order valence-electron chi connectivity index (χ2n) is 15.1. The number of benzene rings is 4. The zero-order valence-corrected chi connectivity index (χ0v) is 42.7. The normalized spacial score (nSPS) is 11.8. The highest BCUT2D eigenvalue weighted by Crippen LogP contribution is 2.44. The van der Waals surface area contributed by atoms with E-state index < -0.39 is 15.0 Å². The van der Waals surface area contributed by atoms with Crippen LogP contribution in [0.25, 0.3) is 20.4 Å². The molecular weight excluding hydrogens is 977 g/mol. The molecule has 0 radical (unpaired) electrons. The van der Waals surface area contributed by atoms with Gasteiger partial charge in [0.25, 0.3) is 10.1 Å². The van der Waals surface area contributed by atoms with Crippen molar-refractivity contribution in [2.24, 2.45) is 20.5 Å². The summed E-state index contributed by atoms with van der Waals surface area (Å²) in [6, 6.07) is 15.4. The van der Waals surface area contributed by atoms with E-state index in [0.29, 0.717) is 70.3 Å². The summed E-state index contributed by atoms with van der Waals surface area (Å²) in [6.07, 6.45) is 0. The van der Waals surface area contributed by atoms with Gasteiger partial charge in [0.1, 0.15) is 39.3 Å². The van der Waals surface area contributed by atoms with E-state index >= 15 is 0 Å². The van der Waals surface area contributed by atoms with E-state index in [2.05, 4.69) is 50.9 Å². The molecule has 71 heavy (non-hydrogen) atoms. The van der Waals surface area contributed by atoms with Crippen LogP contribution in [0, 0.1) is 0 Å². The van der Waals surface area contributed by atoms with E-state index in [9.17, 15) is 23.2 Å². The van der Waals surface area contributed by atoms with Crippen molar-refractivity contribution in [1.29, 1.82) is 0 Å². The highest BCUT2D eigenvalue weighted by Gasteiger charge is 2.23. The first-order valence-corrected chi connectivity index (χ1v) is 25.3. The van der Waals surface area contributed by atoms with Gasteiger partial charge in [-0.3, -0.25) is 4.55 Å². The van der Waals surface area contributed by atoms with Gasteiger partial charge in [-0.05, 0) is 64.1 Å². The largest absolute Gasteiger partial charge is 0.497 e. The van der Waals surface area contributed by atoms with Crippen molar-refractivity contribution in [3.8, 4) is 23.0 Å². The summed E-state index contributed by atoms with van der Waals surface area (Å²) < 4.78 is 57.8. The van der Waals surface area contributed by atoms with Crippen molar-refractivity contribution in [3.05, 3.63) is 54.6 Å². The van der Waals surface area contributed by atoms with Gasteiger partial charge in [0, 0.05) is 57.5 Å². The van der Waals surface area contributed by atoms with Gasteiger partial charge in [-0.1, -0.05) is 22.7 Å². The number of methoxy groups -OCH3 is 4. The van der Waals surface area contributed by atoms with Gasteiger partial charge >= 0.3 is 0 Å². The first-order valence-electron chi connectivity index (χ1n) is 22.2. The van der Waals surface area contributed by atoms with E-state index in [4.69, 9.17) is 33.9 Å². The Hall–Kier alpha value is -7.10. The summed E-state index contributed by atoms with van der Waals surface area (Å²) >= 11 is 2.48. The van der Waals surface area contributed by atoms with E-state index in [1.165, 1.54) is 30.6 Å². The summed E-state index contributed by atoms with van der Waals surface area (Å²) in [6.45, 7) is 10.4. The van der Waals surface area contributed by atoms with Gasteiger partial charge in [0.2, 0.25) is 28.1 Å². The number of aromatic nitrogens is 5. The summed E-state index contributed by atoms with van der Waals surface area (Å²) in [7, 11) is 1.41. The molecule has 3 heterocycles. The summed E-state index contributed by atoms with van der Waals surface area (Å²) in [5, 5.41) is 45.7. The Kier molecular flexibility index (Phi) is 16.9. The predicted molar refractivity (Wildman–Crippen MR) is 276 cm³/mol. The number of hydrogen-bond donors (Lipinski definition) is 5. The van der Waals surface area contributed by atoms with E-state index in [-0.39, 0.29) is 66.2 Å². The van der Waals surface area contributed by atoms with Crippen molar-refractivity contribution in [2.45, 2.75) is 32.6 Å². The van der Waals surface area contributed by atoms with Crippen LogP contribution in [0.15, 0.2) is 79.9 Å². The number of aliphatic hydroxyl groups excluding tert-OH is 2. The highest BCUT2D eigenvalue weighted by molar-refractivity contribution is 7.86. The predicted octanol–water partition coefficient (Wildman–Crippen LogP) is 9.17. The number of fused-ring (bicyclic) bond motifs is 2. The Balaban J connectivity index is 1.35. The fourth-order valence-electron chi connectivity index (χ4n) is 7.43. The molecule has 7 rings (SSSR count). The standard InChI is InChI=1S/C45H54N14O9S3/c1-9-57(10-2)33-20-28(30(22-35(33)66-6)53-55-44-48-27-14-13-26(65-5)19-38(27)69-44)46-41-50-42(52-43(51-41)59(15-17-60)16-18-61)47-29-21-34(58(11-3)12-4)36(67-7)23-31(29)54-56-45-49-32-24-40(71(62,63)64)37(68-8)25-39(32)70-45/h13-14,19-25,60-61H,9-12,15-18H2,1-8H3,(H,62,63,64)(H2,46,47,50,51,52)/b55-53+,56-54+. The van der Waals surface area contributed by atoms with Crippen molar-refractivity contribution >= 4 is 115 Å². The van der Waals surface area contributed by atoms with Crippen molar-refractivity contribution < 1.29 is 42.1 Å². The molecule has 0 atom stereocenters. The lowest BCUT2D eigenvalue weighted by atomic mass is 10.2. The van der Waals surface area contributed by atoms with Crippen LogP contribution in [-0.2, 0) is 10.1 Å². The number of azo groups is 2.